The monoisotopic (exact) mass is 248 g/mol. The standard InChI is InChI=1S/C14H24N4/c1-15-10-12-6-4-8-14(16-12)18-9-5-7-13(11-18)17(2)3/h4,6,8,13,15H,5,7,9-11H2,1-3H3. The van der Waals surface area contributed by atoms with E-state index in [4.69, 9.17) is 4.98 Å². The second-order valence-corrected chi connectivity index (χ2v) is 5.22. The molecule has 1 aromatic heterocycles. The zero-order chi connectivity index (χ0) is 13.0. The van der Waals surface area contributed by atoms with Crippen molar-refractivity contribution in [2.24, 2.45) is 0 Å². The first-order valence-electron chi connectivity index (χ1n) is 6.72. The molecule has 1 atom stereocenters. The molecule has 0 radical (unpaired) electrons. The van der Waals surface area contributed by atoms with E-state index in [1.807, 2.05) is 7.05 Å². The lowest BCUT2D eigenvalue weighted by Gasteiger charge is -2.36. The first-order valence-corrected chi connectivity index (χ1v) is 6.72. The number of pyridine rings is 1. The minimum absolute atomic E-state index is 0.647. The van der Waals surface area contributed by atoms with Crippen LogP contribution in [0.25, 0.3) is 0 Å². The molecule has 2 rings (SSSR count). The summed E-state index contributed by atoms with van der Waals surface area (Å²) >= 11 is 0. The normalized spacial score (nSPS) is 20.4. The van der Waals surface area contributed by atoms with Gasteiger partial charge in [-0.2, -0.15) is 0 Å². The Morgan fingerprint density at radius 2 is 2.28 bits per heavy atom. The summed E-state index contributed by atoms with van der Waals surface area (Å²) in [7, 11) is 6.29. The van der Waals surface area contributed by atoms with E-state index in [9.17, 15) is 0 Å². The molecule has 0 amide bonds. The van der Waals surface area contributed by atoms with Gasteiger partial charge in [0.25, 0.3) is 0 Å². The topological polar surface area (TPSA) is 31.4 Å². The summed E-state index contributed by atoms with van der Waals surface area (Å²) in [5.41, 5.74) is 1.11. The Kier molecular flexibility index (Phi) is 4.55. The molecule has 1 fully saturated rings. The number of hydrogen-bond acceptors (Lipinski definition) is 4. The third kappa shape index (κ3) is 3.21. The lowest BCUT2D eigenvalue weighted by atomic mass is 10.0. The summed E-state index contributed by atoms with van der Waals surface area (Å²) in [4.78, 5) is 9.46. The van der Waals surface area contributed by atoms with E-state index in [-0.39, 0.29) is 0 Å². The Morgan fingerprint density at radius 1 is 1.44 bits per heavy atom. The van der Waals surface area contributed by atoms with Crippen LogP contribution in [0.1, 0.15) is 18.5 Å². The molecule has 0 aliphatic carbocycles. The van der Waals surface area contributed by atoms with Crippen LogP contribution in [0, 0.1) is 0 Å². The summed E-state index contributed by atoms with van der Waals surface area (Å²) in [5.74, 6) is 1.12. The summed E-state index contributed by atoms with van der Waals surface area (Å²) in [6.07, 6.45) is 2.54. The van der Waals surface area contributed by atoms with Crippen molar-refractivity contribution < 1.29 is 0 Å². The average molecular weight is 248 g/mol. The van der Waals surface area contributed by atoms with Gasteiger partial charge in [-0.1, -0.05) is 6.07 Å². The first-order chi connectivity index (χ1) is 8.70. The van der Waals surface area contributed by atoms with E-state index in [0.29, 0.717) is 6.04 Å². The van der Waals surface area contributed by atoms with Crippen molar-refractivity contribution in [1.29, 1.82) is 0 Å². The largest absolute Gasteiger partial charge is 0.355 e. The van der Waals surface area contributed by atoms with Crippen molar-refractivity contribution in [3.05, 3.63) is 23.9 Å². The molecule has 2 heterocycles. The van der Waals surface area contributed by atoms with Crippen LogP contribution in [0.15, 0.2) is 18.2 Å². The maximum Gasteiger partial charge on any atom is 0.128 e. The number of aromatic nitrogens is 1. The third-order valence-corrected chi connectivity index (χ3v) is 3.60. The molecule has 0 saturated carbocycles. The van der Waals surface area contributed by atoms with Crippen LogP contribution in [0.3, 0.4) is 0 Å². The van der Waals surface area contributed by atoms with Gasteiger partial charge in [0, 0.05) is 25.7 Å². The van der Waals surface area contributed by atoms with Gasteiger partial charge in [0.1, 0.15) is 5.82 Å². The van der Waals surface area contributed by atoms with Crippen LogP contribution in [0.2, 0.25) is 0 Å². The van der Waals surface area contributed by atoms with Crippen LogP contribution < -0.4 is 10.2 Å². The summed E-state index contributed by atoms with van der Waals surface area (Å²) < 4.78 is 0. The number of nitrogens with zero attached hydrogens (tertiary/aromatic N) is 3. The highest BCUT2D eigenvalue weighted by Crippen LogP contribution is 2.20. The van der Waals surface area contributed by atoms with Crippen LogP contribution in [0.5, 0.6) is 0 Å². The Balaban J connectivity index is 2.08. The number of hydrogen-bond donors (Lipinski definition) is 1. The highest BCUT2D eigenvalue weighted by atomic mass is 15.2. The Morgan fingerprint density at radius 3 is 3.00 bits per heavy atom. The highest BCUT2D eigenvalue weighted by molar-refractivity contribution is 5.40. The fourth-order valence-electron chi connectivity index (χ4n) is 2.51. The van der Waals surface area contributed by atoms with Gasteiger partial charge in [-0.15, -0.1) is 0 Å². The molecule has 100 valence electrons. The maximum absolute atomic E-state index is 4.72. The quantitative estimate of drug-likeness (QED) is 0.871. The summed E-state index contributed by atoms with van der Waals surface area (Å²) in [5, 5.41) is 3.15. The Bertz CT molecular complexity index is 378. The molecular formula is C14H24N4. The molecule has 0 bridgehead atoms. The predicted molar refractivity (Wildman–Crippen MR) is 75.9 cm³/mol. The van der Waals surface area contributed by atoms with E-state index in [1.165, 1.54) is 12.8 Å². The number of likely N-dealkylation sites (N-methyl/N-ethyl adjacent to an activating group) is 1. The number of nitrogens with one attached hydrogen (secondary N) is 1. The van der Waals surface area contributed by atoms with Crippen molar-refractivity contribution in [3.8, 4) is 0 Å². The molecule has 0 aromatic carbocycles. The predicted octanol–water partition coefficient (Wildman–Crippen LogP) is 1.33. The number of rotatable bonds is 4. The van der Waals surface area contributed by atoms with Gasteiger partial charge < -0.3 is 15.1 Å². The van der Waals surface area contributed by atoms with Gasteiger partial charge in [0.2, 0.25) is 0 Å². The zero-order valence-corrected chi connectivity index (χ0v) is 11.7. The van der Waals surface area contributed by atoms with Crippen molar-refractivity contribution in [3.63, 3.8) is 0 Å². The van der Waals surface area contributed by atoms with E-state index in [0.717, 1.165) is 31.1 Å². The second-order valence-electron chi connectivity index (χ2n) is 5.22. The Hall–Kier alpha value is -1.13. The van der Waals surface area contributed by atoms with E-state index >= 15 is 0 Å². The van der Waals surface area contributed by atoms with E-state index in [2.05, 4.69) is 47.4 Å². The number of anilines is 1. The average Bonchev–Trinajstić information content (AvgIpc) is 2.39. The smallest absolute Gasteiger partial charge is 0.128 e. The molecule has 1 aliphatic heterocycles. The maximum atomic E-state index is 4.72. The molecule has 1 saturated heterocycles. The summed E-state index contributed by atoms with van der Waals surface area (Å²) in [6, 6.07) is 6.95. The van der Waals surface area contributed by atoms with Crippen molar-refractivity contribution >= 4 is 5.82 Å². The van der Waals surface area contributed by atoms with Crippen LogP contribution in [-0.4, -0.2) is 50.2 Å². The van der Waals surface area contributed by atoms with Crippen LogP contribution in [0.4, 0.5) is 5.82 Å². The molecule has 1 aliphatic rings. The number of piperidine rings is 1. The zero-order valence-electron chi connectivity index (χ0n) is 11.7. The van der Waals surface area contributed by atoms with Crippen LogP contribution in [-0.2, 0) is 6.54 Å². The fourth-order valence-corrected chi connectivity index (χ4v) is 2.51. The molecule has 4 heteroatoms. The third-order valence-electron chi connectivity index (χ3n) is 3.60. The van der Waals surface area contributed by atoms with Crippen LogP contribution >= 0.6 is 0 Å². The molecule has 1 aromatic rings. The van der Waals surface area contributed by atoms with Gasteiger partial charge in [-0.3, -0.25) is 0 Å². The van der Waals surface area contributed by atoms with Gasteiger partial charge in [-0.05, 0) is 46.1 Å². The minimum atomic E-state index is 0.647. The molecule has 1 N–H and O–H groups in total. The van der Waals surface area contributed by atoms with Gasteiger partial charge in [0.05, 0.1) is 5.69 Å². The summed E-state index contributed by atoms with van der Waals surface area (Å²) in [6.45, 7) is 3.04. The fraction of sp³-hybridized carbons (Fsp3) is 0.643. The molecule has 1 unspecified atom stereocenters. The minimum Gasteiger partial charge on any atom is -0.355 e. The molecule has 0 spiro atoms. The lowest BCUT2D eigenvalue weighted by Crippen LogP contribution is -2.45. The van der Waals surface area contributed by atoms with Gasteiger partial charge in [-0.25, -0.2) is 4.98 Å². The van der Waals surface area contributed by atoms with Gasteiger partial charge in [0.15, 0.2) is 0 Å². The van der Waals surface area contributed by atoms with E-state index < -0.39 is 0 Å². The van der Waals surface area contributed by atoms with E-state index in [1.54, 1.807) is 0 Å². The molecular weight excluding hydrogens is 224 g/mol. The second kappa shape index (κ2) is 6.16. The molecule has 4 nitrogen and oxygen atoms in total. The van der Waals surface area contributed by atoms with Crippen molar-refractivity contribution in [1.82, 2.24) is 15.2 Å². The first kappa shape index (κ1) is 13.3. The Labute approximate surface area is 110 Å². The SMILES string of the molecule is CNCc1cccc(N2CCCC(N(C)C)C2)n1. The van der Waals surface area contributed by atoms with Crippen molar-refractivity contribution in [2.75, 3.05) is 39.1 Å². The van der Waals surface area contributed by atoms with Crippen molar-refractivity contribution in [2.45, 2.75) is 25.4 Å². The lowest BCUT2D eigenvalue weighted by molar-refractivity contribution is 0.257. The van der Waals surface area contributed by atoms with Gasteiger partial charge >= 0.3 is 0 Å². The molecule has 18 heavy (non-hydrogen) atoms. The highest BCUT2D eigenvalue weighted by Gasteiger charge is 2.22.